The van der Waals surface area contributed by atoms with Gasteiger partial charge in [-0.2, -0.15) is 10.4 Å². The van der Waals surface area contributed by atoms with Gasteiger partial charge in [-0.3, -0.25) is 5.10 Å². The van der Waals surface area contributed by atoms with Crippen molar-refractivity contribution in [2.75, 3.05) is 19.4 Å². The molecule has 4 aromatic rings. The summed E-state index contributed by atoms with van der Waals surface area (Å²) in [7, 11) is 2.41. The minimum absolute atomic E-state index is 0.540. The summed E-state index contributed by atoms with van der Waals surface area (Å²) >= 11 is 0. The monoisotopic (exact) mass is 456 g/mol. The van der Waals surface area contributed by atoms with Gasteiger partial charge < -0.3 is 5.32 Å². The first-order valence-electron chi connectivity index (χ1n) is 10.4. The predicted molar refractivity (Wildman–Crippen MR) is 131 cm³/mol. The SMILES string of the molecule is Cc1cc(C#N)ccc1-c1ccnc(NCc2cc(-c3ccc(S(=O)N(C)C)cc3)n[nH]2)c1. The molecule has 4 rings (SSSR count). The summed E-state index contributed by atoms with van der Waals surface area (Å²) in [5.74, 6) is 0.753. The first kappa shape index (κ1) is 22.4. The van der Waals surface area contributed by atoms with E-state index < -0.39 is 11.0 Å². The smallest absolute Gasteiger partial charge is 0.127 e. The molecule has 8 heteroatoms. The zero-order valence-corrected chi connectivity index (χ0v) is 19.5. The van der Waals surface area contributed by atoms with Crippen LogP contribution in [-0.2, 0) is 17.5 Å². The molecule has 0 aliphatic heterocycles. The standard InChI is InChI=1S/C25H24N6OS/c1-17-12-18(15-26)4-9-23(17)20-10-11-27-25(13-20)28-16-21-14-24(30-29-21)19-5-7-22(8-6-19)33(32)31(2)3/h4-14H,16H2,1-3H3,(H,27,28)(H,29,30). The van der Waals surface area contributed by atoms with Crippen LogP contribution in [0.5, 0.6) is 0 Å². The summed E-state index contributed by atoms with van der Waals surface area (Å²) in [5, 5.41) is 19.9. The molecular weight excluding hydrogens is 432 g/mol. The Morgan fingerprint density at radius 2 is 1.85 bits per heavy atom. The largest absolute Gasteiger partial charge is 0.364 e. The number of hydrogen-bond donors (Lipinski definition) is 2. The number of aryl methyl sites for hydroxylation is 1. The van der Waals surface area contributed by atoms with Gasteiger partial charge in [-0.1, -0.05) is 18.2 Å². The molecule has 1 atom stereocenters. The lowest BCUT2D eigenvalue weighted by Gasteiger charge is -2.09. The van der Waals surface area contributed by atoms with Crippen molar-refractivity contribution in [3.05, 3.63) is 83.7 Å². The minimum Gasteiger partial charge on any atom is -0.364 e. The molecule has 0 bridgehead atoms. The van der Waals surface area contributed by atoms with E-state index in [2.05, 4.69) is 26.6 Å². The number of aromatic amines is 1. The number of benzene rings is 2. The van der Waals surface area contributed by atoms with Crippen LogP contribution in [0.4, 0.5) is 5.82 Å². The minimum atomic E-state index is -1.16. The summed E-state index contributed by atoms with van der Waals surface area (Å²) in [6.45, 7) is 2.54. The van der Waals surface area contributed by atoms with Crippen molar-refractivity contribution in [2.45, 2.75) is 18.4 Å². The maximum absolute atomic E-state index is 12.2. The summed E-state index contributed by atoms with van der Waals surface area (Å²) in [6.07, 6.45) is 1.77. The molecule has 0 amide bonds. The number of nitriles is 1. The molecule has 0 radical (unpaired) electrons. The Kier molecular flexibility index (Phi) is 6.63. The fourth-order valence-electron chi connectivity index (χ4n) is 3.49. The number of rotatable bonds is 7. The van der Waals surface area contributed by atoms with Gasteiger partial charge in [-0.15, -0.1) is 0 Å². The van der Waals surface area contributed by atoms with Gasteiger partial charge >= 0.3 is 0 Å². The zero-order chi connectivity index (χ0) is 23.4. The molecule has 2 aromatic heterocycles. The van der Waals surface area contributed by atoms with E-state index in [-0.39, 0.29) is 0 Å². The van der Waals surface area contributed by atoms with Crippen LogP contribution in [0.15, 0.2) is 71.8 Å². The molecule has 2 N–H and O–H groups in total. The predicted octanol–water partition coefficient (Wildman–Crippen LogP) is 4.52. The Morgan fingerprint density at radius 3 is 2.55 bits per heavy atom. The molecule has 0 saturated heterocycles. The summed E-state index contributed by atoms with van der Waals surface area (Å²) in [5.41, 5.74) is 6.51. The topological polar surface area (TPSA) is 97.7 Å². The van der Waals surface area contributed by atoms with Crippen molar-refractivity contribution in [1.82, 2.24) is 19.5 Å². The lowest BCUT2D eigenvalue weighted by Crippen LogP contribution is -2.15. The normalized spacial score (nSPS) is 11.8. The highest BCUT2D eigenvalue weighted by molar-refractivity contribution is 7.82. The van der Waals surface area contributed by atoms with Crippen LogP contribution in [0.3, 0.4) is 0 Å². The van der Waals surface area contributed by atoms with Crippen molar-refractivity contribution in [2.24, 2.45) is 0 Å². The van der Waals surface area contributed by atoms with Crippen molar-refractivity contribution < 1.29 is 4.21 Å². The highest BCUT2D eigenvalue weighted by Crippen LogP contribution is 2.26. The van der Waals surface area contributed by atoms with Crippen LogP contribution in [0.2, 0.25) is 0 Å². The second-order valence-corrected chi connectivity index (χ2v) is 9.49. The molecule has 166 valence electrons. The van der Waals surface area contributed by atoms with Gasteiger partial charge in [0.15, 0.2) is 0 Å². The summed E-state index contributed by atoms with van der Waals surface area (Å²) < 4.78 is 13.8. The van der Waals surface area contributed by atoms with E-state index in [1.165, 1.54) is 0 Å². The molecule has 1 unspecified atom stereocenters. The number of anilines is 1. The molecule has 33 heavy (non-hydrogen) atoms. The molecule has 0 aliphatic carbocycles. The van der Waals surface area contributed by atoms with Gasteiger partial charge in [0, 0.05) is 11.8 Å². The Hall–Kier alpha value is -3.80. The Balaban J connectivity index is 1.44. The van der Waals surface area contributed by atoms with Gasteiger partial charge in [0.2, 0.25) is 0 Å². The average Bonchev–Trinajstić information content (AvgIpc) is 3.31. The molecule has 2 heterocycles. The number of nitrogens with zero attached hydrogens (tertiary/aromatic N) is 4. The van der Waals surface area contributed by atoms with Crippen LogP contribution >= 0.6 is 0 Å². The highest BCUT2D eigenvalue weighted by atomic mass is 32.2. The molecule has 7 nitrogen and oxygen atoms in total. The third kappa shape index (κ3) is 5.17. The number of H-pyrrole nitrogens is 1. The number of nitrogens with one attached hydrogen (secondary N) is 2. The lowest BCUT2D eigenvalue weighted by atomic mass is 9.99. The first-order chi connectivity index (χ1) is 15.9. The second kappa shape index (κ2) is 9.77. The Bertz CT molecular complexity index is 1340. The van der Waals surface area contributed by atoms with E-state index in [0.29, 0.717) is 12.1 Å². The quantitative estimate of drug-likeness (QED) is 0.426. The first-order valence-corrected chi connectivity index (χ1v) is 11.5. The maximum atomic E-state index is 12.2. The number of hydrogen-bond acceptors (Lipinski definition) is 5. The highest BCUT2D eigenvalue weighted by Gasteiger charge is 2.09. The van der Waals surface area contributed by atoms with E-state index in [1.807, 2.05) is 67.6 Å². The fourth-order valence-corrected chi connectivity index (χ4v) is 4.28. The summed E-state index contributed by atoms with van der Waals surface area (Å²) in [4.78, 5) is 5.17. The van der Waals surface area contributed by atoms with E-state index in [1.54, 1.807) is 24.6 Å². The Labute approximate surface area is 195 Å². The van der Waals surface area contributed by atoms with Crippen molar-refractivity contribution >= 4 is 16.8 Å². The van der Waals surface area contributed by atoms with Gasteiger partial charge in [0.25, 0.3) is 0 Å². The third-order valence-electron chi connectivity index (χ3n) is 5.20. The van der Waals surface area contributed by atoms with Crippen LogP contribution in [0, 0.1) is 18.3 Å². The molecular formula is C25H24N6OS. The van der Waals surface area contributed by atoms with Gasteiger partial charge in [0.1, 0.15) is 16.8 Å². The van der Waals surface area contributed by atoms with Crippen molar-refractivity contribution in [1.29, 1.82) is 5.26 Å². The molecule has 0 aliphatic rings. The molecule has 2 aromatic carbocycles. The van der Waals surface area contributed by atoms with Crippen molar-refractivity contribution in [3.8, 4) is 28.5 Å². The second-order valence-electron chi connectivity index (χ2n) is 7.79. The van der Waals surface area contributed by atoms with E-state index in [4.69, 9.17) is 5.26 Å². The van der Waals surface area contributed by atoms with Gasteiger partial charge in [-0.25, -0.2) is 13.5 Å². The van der Waals surface area contributed by atoms with Crippen LogP contribution in [-0.4, -0.2) is 37.8 Å². The van der Waals surface area contributed by atoms with E-state index in [0.717, 1.165) is 44.4 Å². The molecule has 0 saturated carbocycles. The lowest BCUT2D eigenvalue weighted by molar-refractivity contribution is 0.603. The fraction of sp³-hybridized carbons (Fsp3) is 0.160. The van der Waals surface area contributed by atoms with Gasteiger partial charge in [0.05, 0.1) is 34.5 Å². The maximum Gasteiger partial charge on any atom is 0.127 e. The summed E-state index contributed by atoms with van der Waals surface area (Å²) in [6, 6.07) is 21.4. The van der Waals surface area contributed by atoms with Gasteiger partial charge in [-0.05, 0) is 80.2 Å². The van der Waals surface area contributed by atoms with Crippen LogP contribution in [0.25, 0.3) is 22.4 Å². The Morgan fingerprint density at radius 1 is 1.06 bits per heavy atom. The van der Waals surface area contributed by atoms with E-state index in [9.17, 15) is 4.21 Å². The van der Waals surface area contributed by atoms with Crippen LogP contribution < -0.4 is 5.32 Å². The van der Waals surface area contributed by atoms with Crippen molar-refractivity contribution in [3.63, 3.8) is 0 Å². The molecule has 0 spiro atoms. The zero-order valence-electron chi connectivity index (χ0n) is 18.7. The number of aromatic nitrogens is 3. The number of pyridine rings is 1. The molecule has 0 fully saturated rings. The average molecular weight is 457 g/mol. The van der Waals surface area contributed by atoms with E-state index >= 15 is 0 Å². The third-order valence-corrected chi connectivity index (χ3v) is 6.54. The van der Waals surface area contributed by atoms with Crippen LogP contribution in [0.1, 0.15) is 16.8 Å².